The van der Waals surface area contributed by atoms with Crippen molar-refractivity contribution in [2.45, 2.75) is 111 Å². The number of carbonyl (C=O) groups is 6. The SMILES string of the molecule is CC1([C@](C(N)=O)(C(=O)OC(N)=O)N2CCCC2C2CC[C@@H](C3CCCN3[C@@](C(N)=O)(C(=O)OC(N)=O)C3(C)Cc4cccc3c4)N2c2ccc(F)cc2)Cc2cccc1c2. The fraction of sp³-hybridized carbons (Fsp3) is 0.455. The van der Waals surface area contributed by atoms with E-state index in [0.717, 1.165) is 11.1 Å². The van der Waals surface area contributed by atoms with Crippen molar-refractivity contribution in [3.63, 3.8) is 0 Å². The fourth-order valence-corrected chi connectivity index (χ4v) is 12.3. The molecule has 5 aliphatic rings. The van der Waals surface area contributed by atoms with Crippen LogP contribution in [0.3, 0.4) is 0 Å². The zero-order chi connectivity index (χ0) is 42.9. The third-order valence-corrected chi connectivity index (χ3v) is 14.5. The highest BCUT2D eigenvalue weighted by Gasteiger charge is 2.70. The Morgan fingerprint density at radius 3 is 1.40 bits per heavy atom. The molecule has 3 fully saturated rings. The van der Waals surface area contributed by atoms with Crippen LogP contribution < -0.4 is 27.8 Å². The summed E-state index contributed by atoms with van der Waals surface area (Å²) in [5.74, 6) is -4.80. The van der Waals surface area contributed by atoms with Gasteiger partial charge in [0.1, 0.15) is 5.82 Å². The number of esters is 2. The molecule has 0 spiro atoms. The average Bonchev–Trinajstić information content (AvgIpc) is 4.01. The first-order chi connectivity index (χ1) is 28.5. The van der Waals surface area contributed by atoms with E-state index >= 15 is 0 Å². The van der Waals surface area contributed by atoms with Crippen molar-refractivity contribution in [3.05, 3.63) is 101 Å². The van der Waals surface area contributed by atoms with Gasteiger partial charge in [-0.15, -0.1) is 0 Å². The summed E-state index contributed by atoms with van der Waals surface area (Å²) in [6, 6.07) is 18.8. The van der Waals surface area contributed by atoms with Gasteiger partial charge in [-0.25, -0.2) is 23.6 Å². The highest BCUT2D eigenvalue weighted by Crippen LogP contribution is 2.54. The molecule has 5 unspecified atom stereocenters. The maximum Gasteiger partial charge on any atom is 0.412 e. The molecule has 2 aliphatic carbocycles. The maximum absolute atomic E-state index is 14.7. The number of amides is 4. The van der Waals surface area contributed by atoms with Crippen LogP contribution in [0.25, 0.3) is 0 Å². The van der Waals surface area contributed by atoms with E-state index in [2.05, 4.69) is 4.90 Å². The predicted molar refractivity (Wildman–Crippen MR) is 215 cm³/mol. The van der Waals surface area contributed by atoms with E-state index in [0.29, 0.717) is 55.3 Å². The molecule has 3 aromatic rings. The summed E-state index contributed by atoms with van der Waals surface area (Å²) in [5.41, 5.74) is 20.4. The van der Waals surface area contributed by atoms with Crippen LogP contribution in [0.2, 0.25) is 0 Å². The van der Waals surface area contributed by atoms with Crippen molar-refractivity contribution < 1.29 is 42.6 Å². The van der Waals surface area contributed by atoms with E-state index in [1.54, 1.807) is 35.8 Å². The molecule has 3 heterocycles. The predicted octanol–water partition coefficient (Wildman–Crippen LogP) is 2.81. The van der Waals surface area contributed by atoms with Crippen molar-refractivity contribution in [1.29, 1.82) is 0 Å². The molecule has 8 N–H and O–H groups in total. The number of likely N-dealkylation sites (tertiary alicyclic amines) is 2. The molecule has 3 saturated heterocycles. The molecule has 4 amide bonds. The fourth-order valence-electron chi connectivity index (χ4n) is 12.3. The third-order valence-electron chi connectivity index (χ3n) is 14.5. The van der Waals surface area contributed by atoms with Gasteiger partial charge in [-0.1, -0.05) is 62.4 Å². The first-order valence-electron chi connectivity index (χ1n) is 20.4. The molecule has 16 heteroatoms. The summed E-state index contributed by atoms with van der Waals surface area (Å²) in [5, 5.41) is 0. The number of nitrogens with zero attached hydrogens (tertiary/aromatic N) is 3. The Morgan fingerprint density at radius 2 is 1.03 bits per heavy atom. The molecular formula is C44H50FN7O8. The summed E-state index contributed by atoms with van der Waals surface area (Å²) >= 11 is 0. The van der Waals surface area contributed by atoms with Gasteiger partial charge in [-0.3, -0.25) is 19.4 Å². The topological polar surface area (TPSA) is 235 Å². The molecule has 60 heavy (non-hydrogen) atoms. The number of primary amides is 4. The molecule has 3 aliphatic heterocycles. The van der Waals surface area contributed by atoms with Crippen molar-refractivity contribution in [3.8, 4) is 0 Å². The molecular weight excluding hydrogens is 774 g/mol. The summed E-state index contributed by atoms with van der Waals surface area (Å²) in [6.45, 7) is 4.03. The van der Waals surface area contributed by atoms with Crippen LogP contribution in [0.15, 0.2) is 72.8 Å². The number of carbonyl (C=O) groups excluding carboxylic acids is 6. The van der Waals surface area contributed by atoms with Crippen molar-refractivity contribution in [2.75, 3.05) is 18.0 Å². The molecule has 0 saturated carbocycles. The first-order valence-corrected chi connectivity index (χ1v) is 20.4. The number of ether oxygens (including phenoxy) is 2. The Morgan fingerprint density at radius 1 is 0.617 bits per heavy atom. The van der Waals surface area contributed by atoms with Crippen LogP contribution >= 0.6 is 0 Å². The van der Waals surface area contributed by atoms with E-state index in [9.17, 15) is 33.2 Å². The number of rotatable bonds is 11. The van der Waals surface area contributed by atoms with E-state index in [4.69, 9.17) is 32.4 Å². The number of hydrogen-bond donors (Lipinski definition) is 4. The van der Waals surface area contributed by atoms with E-state index in [1.807, 2.05) is 48.5 Å². The molecule has 15 nitrogen and oxygen atoms in total. The van der Waals surface area contributed by atoms with Crippen LogP contribution in [0.4, 0.5) is 19.7 Å². The molecule has 0 radical (unpaired) electrons. The Kier molecular flexibility index (Phi) is 10.0. The van der Waals surface area contributed by atoms with Crippen LogP contribution in [0, 0.1) is 5.82 Å². The first kappa shape index (κ1) is 40.9. The number of halogens is 1. The number of benzene rings is 3. The highest BCUT2D eigenvalue weighted by molar-refractivity contribution is 6.12. The zero-order valence-corrected chi connectivity index (χ0v) is 33.6. The van der Waals surface area contributed by atoms with Crippen molar-refractivity contribution >= 4 is 41.6 Å². The number of nitrogens with two attached hydrogens (primary N) is 4. The molecule has 316 valence electrons. The summed E-state index contributed by atoms with van der Waals surface area (Å²) in [6.07, 6.45) is 0.825. The van der Waals surface area contributed by atoms with Gasteiger partial charge < -0.3 is 37.3 Å². The number of anilines is 1. The van der Waals surface area contributed by atoms with Crippen LogP contribution in [-0.2, 0) is 52.3 Å². The Hall–Kier alpha value is -5.87. The van der Waals surface area contributed by atoms with Gasteiger partial charge >= 0.3 is 24.1 Å². The van der Waals surface area contributed by atoms with E-state index in [-0.39, 0.29) is 25.9 Å². The van der Waals surface area contributed by atoms with Gasteiger partial charge in [0, 0.05) is 53.8 Å². The largest absolute Gasteiger partial charge is 0.412 e. The second-order valence-electron chi connectivity index (χ2n) is 17.4. The average molecular weight is 824 g/mol. The molecule has 8 atom stereocenters. The van der Waals surface area contributed by atoms with Crippen LogP contribution in [-0.4, -0.2) is 94.1 Å². The second kappa shape index (κ2) is 14.7. The summed E-state index contributed by atoms with van der Waals surface area (Å²) in [4.78, 5) is 88.0. The Bertz CT molecular complexity index is 2160. The minimum absolute atomic E-state index is 0.238. The summed E-state index contributed by atoms with van der Waals surface area (Å²) < 4.78 is 25.0. The van der Waals surface area contributed by atoms with Gasteiger partial charge in [0.05, 0.1) is 0 Å². The van der Waals surface area contributed by atoms with Gasteiger partial charge in [0.25, 0.3) is 11.8 Å². The van der Waals surface area contributed by atoms with Crippen molar-refractivity contribution in [1.82, 2.24) is 9.80 Å². The molecule has 8 rings (SSSR count). The van der Waals surface area contributed by atoms with Gasteiger partial charge in [-0.2, -0.15) is 0 Å². The standard InChI is InChI=1S/C44H50FN7O8/c1-41(23-25-7-3-9-27(41)21-25)43(35(46)53,37(55)59-39(48)57)50-19-5-11-31(50)33-17-18-34(52(33)30-15-13-29(45)14-16-30)32-12-6-20-51(32)44(36(47)54,38(56)60-40(49)58)42(2)24-26-8-4-10-28(42)22-26/h3-4,7-10,13-16,21-22,31-34H,5-6,11-12,17-20,23-24H2,1-2H3,(H2,46,53)(H2,47,54)(H2,48,57)(H2,49,58)/t31?,32?,33-,34?,41?,42?,43-,44-/m0/s1. The number of hydrogen-bond acceptors (Lipinski definition) is 11. The lowest BCUT2D eigenvalue weighted by atomic mass is 9.64. The Balaban J connectivity index is 1.26. The third kappa shape index (κ3) is 5.81. The van der Waals surface area contributed by atoms with Gasteiger partial charge in [0.15, 0.2) is 0 Å². The lowest BCUT2D eigenvalue weighted by molar-refractivity contribution is -0.166. The van der Waals surface area contributed by atoms with E-state index < -0.39 is 87.8 Å². The molecule has 0 aromatic heterocycles. The maximum atomic E-state index is 14.7. The quantitative estimate of drug-likeness (QED) is 0.162. The van der Waals surface area contributed by atoms with Crippen LogP contribution in [0.1, 0.15) is 74.6 Å². The normalized spacial score (nSPS) is 29.1. The smallest absolute Gasteiger partial charge is 0.375 e. The molecule has 4 bridgehead atoms. The monoisotopic (exact) mass is 823 g/mol. The van der Waals surface area contributed by atoms with Crippen molar-refractivity contribution in [2.24, 2.45) is 22.9 Å². The Labute approximate surface area is 346 Å². The van der Waals surface area contributed by atoms with Gasteiger partial charge in [0.2, 0.25) is 11.1 Å². The zero-order valence-electron chi connectivity index (χ0n) is 33.6. The lowest BCUT2D eigenvalue weighted by Crippen LogP contribution is -2.76. The highest BCUT2D eigenvalue weighted by atomic mass is 19.1. The minimum atomic E-state index is -2.20. The minimum Gasteiger partial charge on any atom is -0.375 e. The number of fused-ring (bicyclic) bond motifs is 4. The second-order valence-corrected chi connectivity index (χ2v) is 17.4. The lowest BCUT2D eigenvalue weighted by Gasteiger charge is -2.53. The summed E-state index contributed by atoms with van der Waals surface area (Å²) in [7, 11) is 0. The molecule has 3 aromatic carbocycles. The van der Waals surface area contributed by atoms with Gasteiger partial charge in [-0.05, 0) is 97.9 Å². The van der Waals surface area contributed by atoms with Crippen LogP contribution in [0.5, 0.6) is 0 Å². The van der Waals surface area contributed by atoms with E-state index in [1.165, 1.54) is 12.1 Å².